The monoisotopic (exact) mass is 691 g/mol. The summed E-state index contributed by atoms with van der Waals surface area (Å²) in [6.45, 7) is 1.20. The number of anilines is 1. The van der Waals surface area contributed by atoms with Gasteiger partial charge in [-0.25, -0.2) is 0 Å². The van der Waals surface area contributed by atoms with Crippen molar-refractivity contribution in [2.24, 2.45) is 5.73 Å². The van der Waals surface area contributed by atoms with Gasteiger partial charge in [0.05, 0.1) is 0 Å². The molecule has 0 heterocycles. The molecule has 0 aromatic heterocycles. The van der Waals surface area contributed by atoms with Crippen molar-refractivity contribution in [1.29, 1.82) is 0 Å². The normalized spacial score (nSPS) is 13.1. The summed E-state index contributed by atoms with van der Waals surface area (Å²) in [7, 11) is 0. The molecule has 46 heavy (non-hydrogen) atoms. The average Bonchev–Trinajstić information content (AvgIpc) is 3.06. The van der Waals surface area contributed by atoms with Crippen molar-refractivity contribution in [2.75, 3.05) is 4.90 Å². The van der Waals surface area contributed by atoms with Crippen LogP contribution in [0.5, 0.6) is 0 Å². The van der Waals surface area contributed by atoms with E-state index in [0.29, 0.717) is 12.0 Å². The Morgan fingerprint density at radius 2 is 1.28 bits per heavy atom. The van der Waals surface area contributed by atoms with E-state index in [9.17, 15) is 27.0 Å². The van der Waals surface area contributed by atoms with Gasteiger partial charge in [-0.1, -0.05) is 36.4 Å². The van der Waals surface area contributed by atoms with E-state index in [-0.39, 0.29) is 16.5 Å². The van der Waals surface area contributed by atoms with Gasteiger partial charge in [-0.15, -0.1) is 0 Å². The topological polar surface area (TPSA) is 197 Å². The van der Waals surface area contributed by atoms with Crippen LogP contribution < -0.4 is 20.3 Å². The van der Waals surface area contributed by atoms with Crippen molar-refractivity contribution in [3.63, 3.8) is 0 Å². The van der Waals surface area contributed by atoms with Gasteiger partial charge < -0.3 is 10.8 Å². The first-order valence-corrected chi connectivity index (χ1v) is 17.3. The SMILES string of the molecule is CC(=O)N(C(=O)C(Cc1ccccc1)NC(=O)c1ccccc1)c1ccc([As](=O)(O)OO)cc1.NC(Cc1ccccc1)C(=O)O. The fraction of sp³-hybridized carbons (Fsp3) is 0.152. The predicted octanol–water partition coefficient (Wildman–Crippen LogP) is 2.31. The molecular weight excluding hydrogens is 657 g/mol. The van der Waals surface area contributed by atoms with Crippen LogP contribution in [-0.2, 0) is 34.8 Å². The Hall–Kier alpha value is -4.84. The van der Waals surface area contributed by atoms with Gasteiger partial charge in [-0.05, 0) is 12.0 Å². The van der Waals surface area contributed by atoms with E-state index in [0.717, 1.165) is 16.0 Å². The average molecular weight is 692 g/mol. The second kappa shape index (κ2) is 17.0. The van der Waals surface area contributed by atoms with Crippen LogP contribution in [0.2, 0.25) is 0 Å². The molecule has 4 rings (SSSR count). The third-order valence-electron chi connectivity index (χ3n) is 6.62. The number of nitrogens with one attached hydrogen (secondary N) is 1. The molecule has 4 aromatic rings. The van der Waals surface area contributed by atoms with E-state index < -0.39 is 49.9 Å². The summed E-state index contributed by atoms with van der Waals surface area (Å²) in [5.41, 5.74) is 7.56. The number of carboxylic acid groups (broad SMARTS) is 1. The van der Waals surface area contributed by atoms with Crippen LogP contribution in [-0.4, -0.2) is 64.4 Å². The number of carbonyl (C=O) groups is 4. The second-order valence-electron chi connectivity index (χ2n) is 10.0. The van der Waals surface area contributed by atoms with Gasteiger partial charge in [0.25, 0.3) is 0 Å². The van der Waals surface area contributed by atoms with Crippen molar-refractivity contribution < 1.29 is 41.3 Å². The van der Waals surface area contributed by atoms with Gasteiger partial charge in [0.15, 0.2) is 0 Å². The van der Waals surface area contributed by atoms with Crippen molar-refractivity contribution in [1.82, 2.24) is 5.32 Å². The van der Waals surface area contributed by atoms with Crippen molar-refractivity contribution in [2.45, 2.75) is 31.8 Å². The Bertz CT molecular complexity index is 1650. The maximum absolute atomic E-state index is 13.5. The van der Waals surface area contributed by atoms with E-state index in [1.54, 1.807) is 54.6 Å². The van der Waals surface area contributed by atoms with Gasteiger partial charge >= 0.3 is 199 Å². The van der Waals surface area contributed by atoms with E-state index in [1.807, 2.05) is 36.4 Å². The summed E-state index contributed by atoms with van der Waals surface area (Å²) in [6, 6.07) is 29.8. The summed E-state index contributed by atoms with van der Waals surface area (Å²) in [5, 5.41) is 19.9. The number of aliphatic carboxylic acids is 1. The Labute approximate surface area is 268 Å². The van der Waals surface area contributed by atoms with Crippen LogP contribution in [0, 0.1) is 0 Å². The zero-order chi connectivity index (χ0) is 33.7. The number of carbonyl (C=O) groups excluding carboxylic acids is 3. The minimum absolute atomic E-state index is 0.127. The fourth-order valence-corrected chi connectivity index (χ4v) is 5.59. The number of benzene rings is 4. The standard InChI is InChI=1S/C24H23AsN2O7.C9H11NO2/c1-17(28)27(21-14-12-20(13-15-21)25(31,32)34-33)24(30)22(16-18-8-4-2-5-9-18)26-23(29)19-10-6-3-7-11-19;10-8(9(11)12)6-7-4-2-1-3-5-7/h2-15,22,33H,16H2,1H3,(H,26,29)(H,31,32);1-5,8H,6,10H2,(H,11,12). The molecule has 3 amide bonds. The smallest absolute Gasteiger partial charge is 0.320 e. The Morgan fingerprint density at radius 3 is 1.74 bits per heavy atom. The molecule has 0 aliphatic heterocycles. The molecule has 6 N–H and O–H groups in total. The Morgan fingerprint density at radius 1 is 0.804 bits per heavy atom. The van der Waals surface area contributed by atoms with Crippen LogP contribution >= 0.6 is 0 Å². The number of carboxylic acids is 1. The summed E-state index contributed by atoms with van der Waals surface area (Å²) in [4.78, 5) is 50.1. The fourth-order valence-electron chi connectivity index (χ4n) is 4.29. The molecule has 3 atom stereocenters. The first-order chi connectivity index (χ1) is 21.9. The molecule has 13 heteroatoms. The van der Waals surface area contributed by atoms with E-state index >= 15 is 0 Å². The first-order valence-electron chi connectivity index (χ1n) is 14.0. The zero-order valence-corrected chi connectivity index (χ0v) is 26.7. The van der Waals surface area contributed by atoms with Gasteiger partial charge in [-0.2, -0.15) is 0 Å². The predicted molar refractivity (Wildman–Crippen MR) is 170 cm³/mol. The maximum Gasteiger partial charge on any atom is 0.320 e. The van der Waals surface area contributed by atoms with Gasteiger partial charge in [-0.3, -0.25) is 4.79 Å². The van der Waals surface area contributed by atoms with Crippen LogP contribution in [0.3, 0.4) is 0 Å². The second-order valence-corrected chi connectivity index (χ2v) is 13.6. The molecule has 0 fully saturated rings. The Balaban J connectivity index is 0.000000402. The molecular formula is C33H34AsN3O9. The molecule has 0 aliphatic carbocycles. The largest absolute Gasteiger partial charge is 0.480 e. The number of imide groups is 1. The van der Waals surface area contributed by atoms with Gasteiger partial charge in [0.2, 0.25) is 0 Å². The van der Waals surface area contributed by atoms with Crippen molar-refractivity contribution >= 4 is 47.9 Å². The molecule has 12 nitrogen and oxygen atoms in total. The Kier molecular flexibility index (Phi) is 13.2. The number of nitrogens with two attached hydrogens (primary N) is 1. The molecule has 0 aliphatic rings. The first kappa shape index (κ1) is 35.6. The van der Waals surface area contributed by atoms with Crippen LogP contribution in [0.1, 0.15) is 28.4 Å². The quantitative estimate of drug-likeness (QED) is 0.0885. The molecule has 0 radical (unpaired) electrons. The summed E-state index contributed by atoms with van der Waals surface area (Å²) >= 11 is -5.10. The molecule has 0 saturated heterocycles. The van der Waals surface area contributed by atoms with Crippen LogP contribution in [0.25, 0.3) is 0 Å². The van der Waals surface area contributed by atoms with Gasteiger partial charge in [0.1, 0.15) is 6.04 Å². The maximum atomic E-state index is 13.5. The summed E-state index contributed by atoms with van der Waals surface area (Å²) < 4.78 is 25.0. The third-order valence-corrected chi connectivity index (χ3v) is 9.08. The number of amides is 3. The summed E-state index contributed by atoms with van der Waals surface area (Å²) in [5.74, 6) is -2.72. The number of hydrogen-bond donors (Lipinski definition) is 5. The number of rotatable bonds is 11. The van der Waals surface area contributed by atoms with Crippen molar-refractivity contribution in [3.05, 3.63) is 132 Å². The molecule has 240 valence electrons. The molecule has 0 spiro atoms. The number of hydrogen-bond acceptors (Lipinski definition) is 8. The van der Waals surface area contributed by atoms with E-state index in [1.165, 1.54) is 31.2 Å². The van der Waals surface area contributed by atoms with Gasteiger partial charge in [0, 0.05) is 0 Å². The number of nitrogens with zero attached hydrogens (tertiary/aromatic N) is 1. The molecule has 3 unspecified atom stereocenters. The molecule has 0 bridgehead atoms. The van der Waals surface area contributed by atoms with Crippen LogP contribution in [0.4, 0.5) is 5.69 Å². The van der Waals surface area contributed by atoms with Crippen LogP contribution in [0.15, 0.2) is 115 Å². The molecule has 0 saturated carbocycles. The summed E-state index contributed by atoms with van der Waals surface area (Å²) in [6.07, 6.45) is 0.517. The molecule has 4 aromatic carbocycles. The van der Waals surface area contributed by atoms with E-state index in [4.69, 9.17) is 16.1 Å². The minimum Gasteiger partial charge on any atom is -0.480 e. The van der Waals surface area contributed by atoms with Crippen molar-refractivity contribution in [3.8, 4) is 0 Å². The minimum atomic E-state index is -5.10. The zero-order valence-electron chi connectivity index (χ0n) is 24.8. The van der Waals surface area contributed by atoms with E-state index in [2.05, 4.69) is 9.19 Å². The third kappa shape index (κ3) is 10.4.